The molecule has 132 valence electrons. The Hall–Kier alpha value is -2.82. The van der Waals surface area contributed by atoms with Gasteiger partial charge in [0.25, 0.3) is 5.91 Å². The Bertz CT molecular complexity index is 754. The van der Waals surface area contributed by atoms with Crippen LogP contribution in [0, 0.1) is 13.8 Å². The average molecular weight is 340 g/mol. The highest BCUT2D eigenvalue weighted by Crippen LogP contribution is 2.18. The summed E-state index contributed by atoms with van der Waals surface area (Å²) in [6.07, 6.45) is 1.61. The number of hydrogen-bond donors (Lipinski definition) is 1. The average Bonchev–Trinajstić information content (AvgIpc) is 2.57. The van der Waals surface area contributed by atoms with Gasteiger partial charge in [0.2, 0.25) is 0 Å². The van der Waals surface area contributed by atoms with Crippen molar-refractivity contribution in [2.45, 2.75) is 33.8 Å². The SMILES string of the molecule is Cc1cccc(NC(=O)CON=Cc2ccccc2OC(C)C)c1C. The number of hydrogen-bond acceptors (Lipinski definition) is 4. The van der Waals surface area contributed by atoms with Gasteiger partial charge in [-0.05, 0) is 57.0 Å². The lowest BCUT2D eigenvalue weighted by atomic mass is 10.1. The lowest BCUT2D eigenvalue weighted by Gasteiger charge is -2.11. The summed E-state index contributed by atoms with van der Waals surface area (Å²) in [6, 6.07) is 13.3. The normalized spacial score (nSPS) is 10.9. The molecule has 0 saturated heterocycles. The largest absolute Gasteiger partial charge is 0.490 e. The summed E-state index contributed by atoms with van der Waals surface area (Å²) in [4.78, 5) is 17.1. The van der Waals surface area contributed by atoms with E-state index in [-0.39, 0.29) is 18.6 Å². The molecule has 0 atom stereocenters. The number of aryl methyl sites for hydroxylation is 1. The second kappa shape index (κ2) is 8.87. The first-order valence-electron chi connectivity index (χ1n) is 8.24. The molecule has 0 aromatic heterocycles. The predicted octanol–water partition coefficient (Wildman–Crippen LogP) is 4.08. The van der Waals surface area contributed by atoms with Crippen LogP contribution in [0.5, 0.6) is 5.75 Å². The molecule has 0 aliphatic carbocycles. The Balaban J connectivity index is 1.89. The first-order valence-corrected chi connectivity index (χ1v) is 8.24. The Labute approximate surface area is 148 Å². The molecule has 0 aliphatic heterocycles. The maximum absolute atomic E-state index is 12.0. The predicted molar refractivity (Wildman–Crippen MR) is 100 cm³/mol. The summed E-state index contributed by atoms with van der Waals surface area (Å²) in [5, 5.41) is 6.69. The van der Waals surface area contributed by atoms with E-state index in [1.807, 2.05) is 70.2 Å². The van der Waals surface area contributed by atoms with E-state index in [2.05, 4.69) is 10.5 Å². The molecular formula is C20H24N2O3. The Morgan fingerprint density at radius 2 is 1.92 bits per heavy atom. The molecule has 0 fully saturated rings. The van der Waals surface area contributed by atoms with E-state index in [4.69, 9.17) is 9.57 Å². The van der Waals surface area contributed by atoms with Crippen molar-refractivity contribution >= 4 is 17.8 Å². The van der Waals surface area contributed by atoms with Crippen LogP contribution >= 0.6 is 0 Å². The summed E-state index contributed by atoms with van der Waals surface area (Å²) >= 11 is 0. The van der Waals surface area contributed by atoms with E-state index in [0.717, 1.165) is 28.1 Å². The van der Waals surface area contributed by atoms with Crippen LogP contribution in [0.1, 0.15) is 30.5 Å². The van der Waals surface area contributed by atoms with Crippen molar-refractivity contribution in [1.29, 1.82) is 0 Å². The van der Waals surface area contributed by atoms with E-state index in [1.54, 1.807) is 6.21 Å². The third kappa shape index (κ3) is 5.64. The molecule has 5 nitrogen and oxygen atoms in total. The first kappa shape index (κ1) is 18.5. The molecule has 0 heterocycles. The summed E-state index contributed by atoms with van der Waals surface area (Å²) in [6.45, 7) is 7.74. The highest BCUT2D eigenvalue weighted by molar-refractivity contribution is 5.92. The number of anilines is 1. The number of ether oxygens (including phenoxy) is 1. The van der Waals surface area contributed by atoms with Crippen LogP contribution in [0.3, 0.4) is 0 Å². The number of benzene rings is 2. The second-order valence-electron chi connectivity index (χ2n) is 6.01. The van der Waals surface area contributed by atoms with E-state index in [9.17, 15) is 4.79 Å². The van der Waals surface area contributed by atoms with Crippen LogP contribution in [0.15, 0.2) is 47.6 Å². The molecule has 2 rings (SSSR count). The molecule has 0 spiro atoms. The van der Waals surface area contributed by atoms with Crippen molar-refractivity contribution in [2.24, 2.45) is 5.16 Å². The van der Waals surface area contributed by atoms with Crippen molar-refractivity contribution in [3.8, 4) is 5.75 Å². The topological polar surface area (TPSA) is 59.9 Å². The van der Waals surface area contributed by atoms with Crippen LogP contribution in [0.25, 0.3) is 0 Å². The summed E-state index contributed by atoms with van der Waals surface area (Å²) in [5.74, 6) is 0.474. The molecule has 2 aromatic rings. The minimum Gasteiger partial charge on any atom is -0.490 e. The zero-order chi connectivity index (χ0) is 18.2. The Kier molecular flexibility index (Phi) is 6.57. The summed E-state index contributed by atoms with van der Waals surface area (Å²) in [7, 11) is 0. The van der Waals surface area contributed by atoms with Gasteiger partial charge >= 0.3 is 0 Å². The minimum atomic E-state index is -0.252. The van der Waals surface area contributed by atoms with Crippen molar-refractivity contribution in [2.75, 3.05) is 11.9 Å². The number of nitrogens with one attached hydrogen (secondary N) is 1. The highest BCUT2D eigenvalue weighted by atomic mass is 16.6. The van der Waals surface area contributed by atoms with Crippen LogP contribution in [0.4, 0.5) is 5.69 Å². The third-order valence-electron chi connectivity index (χ3n) is 3.62. The maximum Gasteiger partial charge on any atom is 0.265 e. The molecule has 25 heavy (non-hydrogen) atoms. The van der Waals surface area contributed by atoms with Gasteiger partial charge in [-0.25, -0.2) is 0 Å². The van der Waals surface area contributed by atoms with Gasteiger partial charge in [-0.1, -0.05) is 29.4 Å². The molecule has 5 heteroatoms. The monoisotopic (exact) mass is 340 g/mol. The minimum absolute atomic E-state index is 0.0683. The van der Waals surface area contributed by atoms with Crippen molar-refractivity contribution in [3.63, 3.8) is 0 Å². The van der Waals surface area contributed by atoms with Crippen molar-refractivity contribution in [3.05, 3.63) is 59.2 Å². The zero-order valence-electron chi connectivity index (χ0n) is 15.1. The fourth-order valence-electron chi connectivity index (χ4n) is 2.21. The van der Waals surface area contributed by atoms with Gasteiger partial charge < -0.3 is 14.9 Å². The second-order valence-corrected chi connectivity index (χ2v) is 6.01. The van der Waals surface area contributed by atoms with Gasteiger partial charge in [0.1, 0.15) is 5.75 Å². The highest BCUT2D eigenvalue weighted by Gasteiger charge is 2.06. The molecule has 0 saturated carbocycles. The fourth-order valence-corrected chi connectivity index (χ4v) is 2.21. The van der Waals surface area contributed by atoms with Crippen LogP contribution in [-0.2, 0) is 9.63 Å². The molecule has 2 aromatic carbocycles. The van der Waals surface area contributed by atoms with E-state index in [0.29, 0.717) is 0 Å². The molecule has 1 N–H and O–H groups in total. The van der Waals surface area contributed by atoms with E-state index < -0.39 is 0 Å². The molecule has 0 unspecified atom stereocenters. The number of amides is 1. The standard InChI is InChI=1S/C20H24N2O3/c1-14(2)25-19-11-6-5-9-17(19)12-21-24-13-20(23)22-18-10-7-8-15(3)16(18)4/h5-12,14H,13H2,1-4H3,(H,22,23). The summed E-state index contributed by atoms with van der Waals surface area (Å²) in [5.41, 5.74) is 3.75. The van der Waals surface area contributed by atoms with Crippen LogP contribution < -0.4 is 10.1 Å². The number of para-hydroxylation sites is 1. The Morgan fingerprint density at radius 3 is 2.68 bits per heavy atom. The smallest absolute Gasteiger partial charge is 0.265 e. The molecule has 0 radical (unpaired) electrons. The van der Waals surface area contributed by atoms with Crippen LogP contribution in [0.2, 0.25) is 0 Å². The van der Waals surface area contributed by atoms with Crippen LogP contribution in [-0.4, -0.2) is 24.8 Å². The van der Waals surface area contributed by atoms with Crippen molar-refractivity contribution < 1.29 is 14.4 Å². The summed E-state index contributed by atoms with van der Waals surface area (Å²) < 4.78 is 5.70. The van der Waals surface area contributed by atoms with Crippen molar-refractivity contribution in [1.82, 2.24) is 0 Å². The fraction of sp³-hybridized carbons (Fsp3) is 0.300. The number of rotatable bonds is 7. The van der Waals surface area contributed by atoms with Gasteiger partial charge in [0.05, 0.1) is 12.3 Å². The van der Waals surface area contributed by atoms with Gasteiger partial charge in [0.15, 0.2) is 6.61 Å². The van der Waals surface area contributed by atoms with Gasteiger partial charge in [-0.3, -0.25) is 4.79 Å². The van der Waals surface area contributed by atoms with Gasteiger partial charge in [-0.2, -0.15) is 0 Å². The molecular weight excluding hydrogens is 316 g/mol. The quantitative estimate of drug-likeness (QED) is 0.610. The lowest BCUT2D eigenvalue weighted by Crippen LogP contribution is -2.17. The van der Waals surface area contributed by atoms with Gasteiger partial charge in [0, 0.05) is 11.3 Å². The van der Waals surface area contributed by atoms with Gasteiger partial charge in [-0.15, -0.1) is 0 Å². The lowest BCUT2D eigenvalue weighted by molar-refractivity contribution is -0.120. The Morgan fingerprint density at radius 1 is 1.16 bits per heavy atom. The molecule has 0 aliphatic rings. The van der Waals surface area contributed by atoms with E-state index in [1.165, 1.54) is 0 Å². The first-order chi connectivity index (χ1) is 12.0. The maximum atomic E-state index is 12.0. The number of carbonyl (C=O) groups excluding carboxylic acids is 1. The number of carbonyl (C=O) groups is 1. The molecule has 0 bridgehead atoms. The molecule has 1 amide bonds. The zero-order valence-corrected chi connectivity index (χ0v) is 15.1. The number of nitrogens with zero attached hydrogens (tertiary/aromatic N) is 1. The van der Waals surface area contributed by atoms with E-state index >= 15 is 0 Å². The third-order valence-corrected chi connectivity index (χ3v) is 3.62. The number of oxime groups is 1.